The van der Waals surface area contributed by atoms with Crippen LogP contribution in [0.25, 0.3) is 0 Å². The van der Waals surface area contributed by atoms with Crippen LogP contribution in [-0.4, -0.2) is 0 Å². The lowest BCUT2D eigenvalue weighted by atomic mass is 9.80. The molecule has 2 aliphatic rings. The third-order valence-corrected chi connectivity index (χ3v) is 6.18. The molecule has 2 aliphatic carbocycles. The minimum Gasteiger partial charge on any atom is -0.0951 e. The van der Waals surface area contributed by atoms with Gasteiger partial charge in [-0.05, 0) is 75.4 Å². The number of unbranched alkanes of at least 4 members (excludes halogenated alkanes) is 1. The van der Waals surface area contributed by atoms with Crippen molar-refractivity contribution in [3.8, 4) is 23.7 Å². The highest BCUT2D eigenvalue weighted by molar-refractivity contribution is 5.26. The highest BCUT2D eigenvalue weighted by Crippen LogP contribution is 2.32. The molecule has 2 fully saturated rings. The third-order valence-electron chi connectivity index (χ3n) is 6.18. The van der Waals surface area contributed by atoms with Crippen LogP contribution in [0.3, 0.4) is 0 Å². The number of hydrogen-bond donors (Lipinski definition) is 0. The van der Waals surface area contributed by atoms with Crippen LogP contribution in [0, 0.1) is 47.4 Å². The molecule has 2 saturated carbocycles. The number of allylic oxidation sites excluding steroid dienone is 2. The van der Waals surface area contributed by atoms with E-state index in [0.29, 0.717) is 11.8 Å². The molecular formula is C25H38. The van der Waals surface area contributed by atoms with Crippen LogP contribution in [-0.2, 0) is 0 Å². The lowest BCUT2D eigenvalue weighted by Crippen LogP contribution is -2.13. The molecule has 0 aromatic rings. The van der Waals surface area contributed by atoms with Gasteiger partial charge in [0.05, 0.1) is 0 Å². The Morgan fingerprint density at radius 3 is 1.56 bits per heavy atom. The molecule has 0 bridgehead atoms. The summed E-state index contributed by atoms with van der Waals surface area (Å²) in [5.74, 6) is 16.6. The van der Waals surface area contributed by atoms with Gasteiger partial charge in [0.2, 0.25) is 0 Å². The summed E-state index contributed by atoms with van der Waals surface area (Å²) in [6.07, 6.45) is 21.7. The van der Waals surface area contributed by atoms with E-state index >= 15 is 0 Å². The van der Waals surface area contributed by atoms with Crippen molar-refractivity contribution in [2.75, 3.05) is 0 Å². The van der Waals surface area contributed by atoms with Gasteiger partial charge in [0, 0.05) is 11.8 Å². The van der Waals surface area contributed by atoms with Crippen molar-refractivity contribution in [1.29, 1.82) is 0 Å². The first-order valence-corrected chi connectivity index (χ1v) is 11.0. The van der Waals surface area contributed by atoms with Crippen molar-refractivity contribution >= 4 is 0 Å². The van der Waals surface area contributed by atoms with Crippen LogP contribution in [0.4, 0.5) is 0 Å². The minimum atomic E-state index is 0.629. The van der Waals surface area contributed by atoms with Gasteiger partial charge in [0.15, 0.2) is 0 Å². The Kier molecular flexibility index (Phi) is 9.89. The van der Waals surface area contributed by atoms with E-state index in [1.165, 1.54) is 83.5 Å². The van der Waals surface area contributed by atoms with Gasteiger partial charge in [0.25, 0.3) is 0 Å². The van der Waals surface area contributed by atoms with Crippen molar-refractivity contribution < 1.29 is 0 Å². The van der Waals surface area contributed by atoms with E-state index in [4.69, 9.17) is 0 Å². The highest BCUT2D eigenvalue weighted by Gasteiger charge is 2.19. The SMILES string of the molecule is CCCC[C@H]1CC[C@H](C#C/C=C/C#C[C@H]2CC[C@H](CCC)CC2)CC1. The van der Waals surface area contributed by atoms with Crippen molar-refractivity contribution in [1.82, 2.24) is 0 Å². The molecule has 0 unspecified atom stereocenters. The molecule has 0 amide bonds. The van der Waals surface area contributed by atoms with Gasteiger partial charge in [0.1, 0.15) is 0 Å². The molecule has 138 valence electrons. The summed E-state index contributed by atoms with van der Waals surface area (Å²) >= 11 is 0. The Hall–Kier alpha value is -1.14. The molecular weight excluding hydrogens is 300 g/mol. The van der Waals surface area contributed by atoms with Gasteiger partial charge in [-0.25, -0.2) is 0 Å². The zero-order chi connectivity index (χ0) is 17.7. The molecule has 0 saturated heterocycles. The van der Waals surface area contributed by atoms with Gasteiger partial charge >= 0.3 is 0 Å². The first-order valence-electron chi connectivity index (χ1n) is 11.0. The van der Waals surface area contributed by atoms with Gasteiger partial charge < -0.3 is 0 Å². The number of rotatable bonds is 5. The van der Waals surface area contributed by atoms with E-state index in [-0.39, 0.29) is 0 Å². The van der Waals surface area contributed by atoms with Crippen molar-refractivity contribution in [2.45, 2.75) is 97.3 Å². The molecule has 0 aromatic heterocycles. The molecule has 0 spiro atoms. The van der Waals surface area contributed by atoms with Gasteiger partial charge in [-0.2, -0.15) is 0 Å². The minimum absolute atomic E-state index is 0.629. The Labute approximate surface area is 157 Å². The summed E-state index contributed by atoms with van der Waals surface area (Å²) in [5, 5.41) is 0. The molecule has 25 heavy (non-hydrogen) atoms. The van der Waals surface area contributed by atoms with Crippen LogP contribution < -0.4 is 0 Å². The van der Waals surface area contributed by atoms with E-state index in [1.54, 1.807) is 0 Å². The molecule has 0 heteroatoms. The van der Waals surface area contributed by atoms with E-state index in [9.17, 15) is 0 Å². The molecule has 0 aromatic carbocycles. The summed E-state index contributed by atoms with van der Waals surface area (Å²) in [6, 6.07) is 0. The largest absolute Gasteiger partial charge is 0.0951 e. The molecule has 2 rings (SSSR count). The van der Waals surface area contributed by atoms with E-state index in [2.05, 4.69) is 37.5 Å². The topological polar surface area (TPSA) is 0 Å². The predicted molar refractivity (Wildman–Crippen MR) is 110 cm³/mol. The first-order chi connectivity index (χ1) is 12.3. The Morgan fingerprint density at radius 2 is 1.12 bits per heavy atom. The van der Waals surface area contributed by atoms with E-state index in [0.717, 1.165) is 11.8 Å². The average molecular weight is 339 g/mol. The maximum absolute atomic E-state index is 3.45. The van der Waals surface area contributed by atoms with Crippen LogP contribution in [0.15, 0.2) is 12.2 Å². The summed E-state index contributed by atoms with van der Waals surface area (Å²) in [6.45, 7) is 4.60. The van der Waals surface area contributed by atoms with E-state index in [1.807, 2.05) is 12.2 Å². The van der Waals surface area contributed by atoms with Crippen molar-refractivity contribution in [3.05, 3.63) is 12.2 Å². The molecule has 0 aliphatic heterocycles. The van der Waals surface area contributed by atoms with Crippen molar-refractivity contribution in [2.24, 2.45) is 23.7 Å². The smallest absolute Gasteiger partial charge is 0.0206 e. The predicted octanol–water partition coefficient (Wildman–Crippen LogP) is 7.15. The average Bonchev–Trinajstić information content (AvgIpc) is 2.65. The fourth-order valence-electron chi connectivity index (χ4n) is 4.51. The standard InChI is InChI=1S/C25H38/c1-3-5-11-23-18-20-25(21-19-23)13-9-7-6-8-12-24-16-14-22(10-4-2)15-17-24/h6-7,22-25H,3-5,10-11,14-21H2,1-2H3/b7-6+/t22-,23-,24-,25-. The van der Waals surface area contributed by atoms with E-state index < -0.39 is 0 Å². The highest BCUT2D eigenvalue weighted by atomic mass is 14.2. The van der Waals surface area contributed by atoms with Gasteiger partial charge in [-0.1, -0.05) is 69.6 Å². The third kappa shape index (κ3) is 8.19. The lowest BCUT2D eigenvalue weighted by Gasteiger charge is -2.25. The Balaban J connectivity index is 1.62. The zero-order valence-corrected chi connectivity index (χ0v) is 16.7. The summed E-state index contributed by atoms with van der Waals surface area (Å²) in [5.41, 5.74) is 0. The quantitative estimate of drug-likeness (QED) is 0.467. The maximum atomic E-state index is 3.45. The normalized spacial score (nSPS) is 29.5. The lowest BCUT2D eigenvalue weighted by molar-refractivity contribution is 0.296. The second-order valence-electron chi connectivity index (χ2n) is 8.28. The van der Waals surface area contributed by atoms with Crippen LogP contribution in [0.5, 0.6) is 0 Å². The Morgan fingerprint density at radius 1 is 0.640 bits per heavy atom. The van der Waals surface area contributed by atoms with Crippen LogP contribution in [0.2, 0.25) is 0 Å². The summed E-state index contributed by atoms with van der Waals surface area (Å²) < 4.78 is 0. The fourth-order valence-corrected chi connectivity index (χ4v) is 4.51. The second-order valence-corrected chi connectivity index (χ2v) is 8.28. The molecule has 0 nitrogen and oxygen atoms in total. The fraction of sp³-hybridized carbons (Fsp3) is 0.760. The summed E-state index contributed by atoms with van der Waals surface area (Å²) in [7, 11) is 0. The van der Waals surface area contributed by atoms with Crippen LogP contribution >= 0.6 is 0 Å². The van der Waals surface area contributed by atoms with Crippen molar-refractivity contribution in [3.63, 3.8) is 0 Å². The molecule has 0 radical (unpaired) electrons. The monoisotopic (exact) mass is 338 g/mol. The van der Waals surface area contributed by atoms with Gasteiger partial charge in [-0.15, -0.1) is 0 Å². The Bertz CT molecular complexity index is 488. The molecule has 0 atom stereocenters. The zero-order valence-electron chi connectivity index (χ0n) is 16.7. The maximum Gasteiger partial charge on any atom is 0.0206 e. The summed E-state index contributed by atoms with van der Waals surface area (Å²) in [4.78, 5) is 0. The number of hydrogen-bond acceptors (Lipinski definition) is 0. The molecule has 0 heterocycles. The molecule has 0 N–H and O–H groups in total. The van der Waals surface area contributed by atoms with Gasteiger partial charge in [-0.3, -0.25) is 0 Å². The second kappa shape index (κ2) is 12.3. The first kappa shape index (κ1) is 20.2. The van der Waals surface area contributed by atoms with Crippen LogP contribution in [0.1, 0.15) is 97.3 Å².